The number of thioether (sulfide) groups is 1. The Morgan fingerprint density at radius 1 is 1.75 bits per heavy atom. The molecule has 0 aliphatic heterocycles. The monoisotopic (exact) mass is 184 g/mol. The molecule has 0 radical (unpaired) electrons. The lowest BCUT2D eigenvalue weighted by molar-refractivity contribution is 0.464. The quantitative estimate of drug-likeness (QED) is 0.726. The molecule has 2 atom stereocenters. The minimum atomic E-state index is -0.215. The van der Waals surface area contributed by atoms with Gasteiger partial charge in [-0.15, -0.1) is 0 Å². The van der Waals surface area contributed by atoms with Crippen LogP contribution in [0.5, 0.6) is 0 Å². The smallest absolute Gasteiger partial charge is 0.107 e. The molecule has 1 rings (SSSR count). The third-order valence-electron chi connectivity index (χ3n) is 2.56. The summed E-state index contributed by atoms with van der Waals surface area (Å²) >= 11 is 1.98. The van der Waals surface area contributed by atoms with Gasteiger partial charge in [-0.2, -0.15) is 17.0 Å². The summed E-state index contributed by atoms with van der Waals surface area (Å²) in [6.45, 7) is 2.18. The van der Waals surface area contributed by atoms with E-state index >= 15 is 0 Å². The molecule has 2 unspecified atom stereocenters. The van der Waals surface area contributed by atoms with Crippen LogP contribution in [0.15, 0.2) is 0 Å². The van der Waals surface area contributed by atoms with Crippen LogP contribution in [0.3, 0.4) is 0 Å². The van der Waals surface area contributed by atoms with Gasteiger partial charge in [0.1, 0.15) is 5.54 Å². The Morgan fingerprint density at radius 3 is 2.92 bits per heavy atom. The van der Waals surface area contributed by atoms with Crippen molar-refractivity contribution in [2.75, 3.05) is 12.8 Å². The van der Waals surface area contributed by atoms with Crippen LogP contribution >= 0.6 is 11.8 Å². The molecular formula is C9H16N2S. The van der Waals surface area contributed by atoms with Gasteiger partial charge in [-0.3, -0.25) is 0 Å². The fourth-order valence-corrected chi connectivity index (χ4v) is 2.92. The minimum absolute atomic E-state index is 0.215. The lowest BCUT2D eigenvalue weighted by Gasteiger charge is -2.19. The van der Waals surface area contributed by atoms with Gasteiger partial charge in [0.05, 0.1) is 6.07 Å². The standard InChI is InChI=1S/C9H16N2S/c1-3-12-8-4-5-9(6-8,7-10)11-2/h8,11H,3-6H2,1-2H3. The van der Waals surface area contributed by atoms with E-state index in [2.05, 4.69) is 18.3 Å². The summed E-state index contributed by atoms with van der Waals surface area (Å²) < 4.78 is 0. The first-order valence-electron chi connectivity index (χ1n) is 4.48. The van der Waals surface area contributed by atoms with E-state index in [0.717, 1.165) is 18.6 Å². The first-order valence-corrected chi connectivity index (χ1v) is 5.53. The number of nitrogens with one attached hydrogen (secondary N) is 1. The molecule has 1 N–H and O–H groups in total. The molecule has 0 aromatic heterocycles. The van der Waals surface area contributed by atoms with Crippen molar-refractivity contribution in [1.29, 1.82) is 5.26 Å². The molecule has 68 valence electrons. The lowest BCUT2D eigenvalue weighted by Crippen LogP contribution is -2.38. The van der Waals surface area contributed by atoms with Crippen LogP contribution in [0.1, 0.15) is 26.2 Å². The van der Waals surface area contributed by atoms with Crippen LogP contribution < -0.4 is 5.32 Å². The average molecular weight is 184 g/mol. The van der Waals surface area contributed by atoms with Crippen LogP contribution in [0.25, 0.3) is 0 Å². The Kier molecular flexibility index (Phi) is 3.42. The number of hydrogen-bond donors (Lipinski definition) is 1. The Hall–Kier alpha value is -0.200. The molecule has 0 aromatic rings. The van der Waals surface area contributed by atoms with Crippen molar-refractivity contribution >= 4 is 11.8 Å². The summed E-state index contributed by atoms with van der Waals surface area (Å²) in [5.74, 6) is 1.16. The van der Waals surface area contributed by atoms with Crippen molar-refractivity contribution in [2.24, 2.45) is 0 Å². The summed E-state index contributed by atoms with van der Waals surface area (Å²) in [5.41, 5.74) is -0.215. The van der Waals surface area contributed by atoms with Gasteiger partial charge in [-0.25, -0.2) is 0 Å². The maximum absolute atomic E-state index is 8.98. The molecule has 1 fully saturated rings. The predicted octanol–water partition coefficient (Wildman–Crippen LogP) is 1.77. The zero-order chi connectivity index (χ0) is 9.03. The van der Waals surface area contributed by atoms with Gasteiger partial charge in [-0.1, -0.05) is 6.92 Å². The number of nitriles is 1. The van der Waals surface area contributed by atoms with E-state index in [4.69, 9.17) is 5.26 Å². The highest BCUT2D eigenvalue weighted by atomic mass is 32.2. The van der Waals surface area contributed by atoms with Gasteiger partial charge in [0.2, 0.25) is 0 Å². The minimum Gasteiger partial charge on any atom is -0.302 e. The van der Waals surface area contributed by atoms with Crippen molar-refractivity contribution in [3.63, 3.8) is 0 Å². The molecule has 3 heteroatoms. The number of hydrogen-bond acceptors (Lipinski definition) is 3. The first-order chi connectivity index (χ1) is 5.76. The van der Waals surface area contributed by atoms with E-state index in [9.17, 15) is 0 Å². The summed E-state index contributed by atoms with van der Waals surface area (Å²) in [4.78, 5) is 0. The van der Waals surface area contributed by atoms with Gasteiger partial charge >= 0.3 is 0 Å². The highest BCUT2D eigenvalue weighted by Gasteiger charge is 2.37. The Balaban J connectivity index is 2.48. The molecule has 0 heterocycles. The third kappa shape index (κ3) is 1.94. The highest BCUT2D eigenvalue weighted by Crippen LogP contribution is 2.36. The molecule has 12 heavy (non-hydrogen) atoms. The fraction of sp³-hybridized carbons (Fsp3) is 0.889. The molecule has 0 bridgehead atoms. The van der Waals surface area contributed by atoms with Crippen LogP contribution in [-0.2, 0) is 0 Å². The maximum Gasteiger partial charge on any atom is 0.107 e. The van der Waals surface area contributed by atoms with Crippen LogP contribution in [0, 0.1) is 11.3 Å². The SMILES string of the molecule is CCSC1CCC(C#N)(NC)C1. The number of nitrogens with zero attached hydrogens (tertiary/aromatic N) is 1. The van der Waals surface area contributed by atoms with E-state index < -0.39 is 0 Å². The van der Waals surface area contributed by atoms with Crippen molar-refractivity contribution in [3.05, 3.63) is 0 Å². The van der Waals surface area contributed by atoms with E-state index in [1.165, 1.54) is 6.42 Å². The average Bonchev–Trinajstić information content (AvgIpc) is 2.50. The van der Waals surface area contributed by atoms with Gasteiger partial charge in [0.25, 0.3) is 0 Å². The molecule has 0 aromatic carbocycles. The molecule has 1 saturated carbocycles. The molecule has 2 nitrogen and oxygen atoms in total. The van der Waals surface area contributed by atoms with Gasteiger partial charge < -0.3 is 5.32 Å². The first kappa shape index (κ1) is 9.88. The lowest BCUT2D eigenvalue weighted by atomic mass is 10.0. The van der Waals surface area contributed by atoms with Crippen LogP contribution in [0.4, 0.5) is 0 Å². The van der Waals surface area contributed by atoms with Crippen molar-refractivity contribution in [3.8, 4) is 6.07 Å². The van der Waals surface area contributed by atoms with Gasteiger partial charge in [0, 0.05) is 5.25 Å². The molecule has 1 aliphatic carbocycles. The largest absolute Gasteiger partial charge is 0.302 e. The van der Waals surface area contributed by atoms with E-state index in [0.29, 0.717) is 5.25 Å². The molecule has 0 saturated heterocycles. The zero-order valence-electron chi connectivity index (χ0n) is 7.76. The predicted molar refractivity (Wildman–Crippen MR) is 53.2 cm³/mol. The highest BCUT2D eigenvalue weighted by molar-refractivity contribution is 7.99. The summed E-state index contributed by atoms with van der Waals surface area (Å²) in [6.07, 6.45) is 3.21. The Morgan fingerprint density at radius 2 is 2.50 bits per heavy atom. The van der Waals surface area contributed by atoms with E-state index in [1.54, 1.807) is 0 Å². The molecule has 1 aliphatic rings. The summed E-state index contributed by atoms with van der Waals surface area (Å²) in [6, 6.07) is 2.39. The van der Waals surface area contributed by atoms with Crippen molar-refractivity contribution in [2.45, 2.75) is 37.0 Å². The van der Waals surface area contributed by atoms with Crippen molar-refractivity contribution in [1.82, 2.24) is 5.32 Å². The normalized spacial score (nSPS) is 34.9. The Bertz CT molecular complexity index is 187. The molecule has 0 amide bonds. The summed E-state index contributed by atoms with van der Waals surface area (Å²) in [7, 11) is 1.89. The molecular weight excluding hydrogens is 168 g/mol. The van der Waals surface area contributed by atoms with E-state index in [1.807, 2.05) is 18.8 Å². The Labute approximate surface area is 78.7 Å². The van der Waals surface area contributed by atoms with Crippen LogP contribution in [-0.4, -0.2) is 23.6 Å². The van der Waals surface area contributed by atoms with Gasteiger partial charge in [0.15, 0.2) is 0 Å². The second-order valence-corrected chi connectivity index (χ2v) is 4.84. The zero-order valence-corrected chi connectivity index (χ0v) is 8.58. The van der Waals surface area contributed by atoms with Crippen LogP contribution in [0.2, 0.25) is 0 Å². The maximum atomic E-state index is 8.98. The summed E-state index contributed by atoms with van der Waals surface area (Å²) in [5, 5.41) is 12.8. The van der Waals surface area contributed by atoms with E-state index in [-0.39, 0.29) is 5.54 Å². The number of rotatable bonds is 3. The van der Waals surface area contributed by atoms with Crippen molar-refractivity contribution < 1.29 is 0 Å². The molecule has 0 spiro atoms. The fourth-order valence-electron chi connectivity index (χ4n) is 1.76. The third-order valence-corrected chi connectivity index (χ3v) is 3.77. The topological polar surface area (TPSA) is 35.8 Å². The second kappa shape index (κ2) is 4.15. The van der Waals surface area contributed by atoms with Gasteiger partial charge in [-0.05, 0) is 32.1 Å². The second-order valence-electron chi connectivity index (χ2n) is 3.26.